The summed E-state index contributed by atoms with van der Waals surface area (Å²) in [5.74, 6) is 1.08. The lowest BCUT2D eigenvalue weighted by Crippen LogP contribution is -2.15. The van der Waals surface area contributed by atoms with Crippen molar-refractivity contribution in [2.45, 2.75) is 68.7 Å². The van der Waals surface area contributed by atoms with Crippen LogP contribution < -0.4 is 5.32 Å². The Balaban J connectivity index is 1.56. The molecule has 0 radical (unpaired) electrons. The minimum Gasteiger partial charge on any atom is -0.378 e. The summed E-state index contributed by atoms with van der Waals surface area (Å²) in [7, 11) is 1.75. The van der Waals surface area contributed by atoms with Gasteiger partial charge in [0.05, 0.1) is 12.3 Å². The smallest absolute Gasteiger partial charge is 0.103 e. The highest BCUT2D eigenvalue weighted by molar-refractivity contribution is 7.99. The first-order valence-corrected chi connectivity index (χ1v) is 9.53. The Kier molecular flexibility index (Phi) is 5.37. The third kappa shape index (κ3) is 4.20. The van der Waals surface area contributed by atoms with Crippen molar-refractivity contribution in [3.05, 3.63) is 15.6 Å². The van der Waals surface area contributed by atoms with Gasteiger partial charge in [0, 0.05) is 35.6 Å². The molecule has 20 heavy (non-hydrogen) atoms. The Morgan fingerprint density at radius 1 is 1.30 bits per heavy atom. The van der Waals surface area contributed by atoms with Gasteiger partial charge in [0.15, 0.2) is 0 Å². The second kappa shape index (κ2) is 7.25. The van der Waals surface area contributed by atoms with Crippen molar-refractivity contribution in [3.63, 3.8) is 0 Å². The van der Waals surface area contributed by atoms with E-state index in [9.17, 15) is 0 Å². The van der Waals surface area contributed by atoms with Gasteiger partial charge < -0.3 is 10.1 Å². The second-order valence-corrected chi connectivity index (χ2v) is 8.24. The molecule has 2 aliphatic rings. The third-order valence-electron chi connectivity index (χ3n) is 3.98. The highest BCUT2D eigenvalue weighted by atomic mass is 32.2. The fraction of sp³-hybridized carbons (Fsp3) is 0.800. The lowest BCUT2D eigenvalue weighted by molar-refractivity contribution is 0.181. The molecule has 0 saturated heterocycles. The number of ether oxygens (including phenoxy) is 1. The molecule has 0 spiro atoms. The van der Waals surface area contributed by atoms with Crippen LogP contribution in [0.2, 0.25) is 0 Å². The Labute approximate surface area is 129 Å². The van der Waals surface area contributed by atoms with Crippen LogP contribution in [0.15, 0.2) is 0 Å². The molecule has 2 fully saturated rings. The van der Waals surface area contributed by atoms with E-state index in [1.807, 2.05) is 11.3 Å². The molecule has 1 N–H and O–H groups in total. The minimum atomic E-state index is 0.645. The van der Waals surface area contributed by atoms with Gasteiger partial charge in [0.25, 0.3) is 0 Å². The maximum atomic E-state index is 5.29. The number of hydrogen-bond acceptors (Lipinski definition) is 5. The molecule has 112 valence electrons. The molecule has 3 nitrogen and oxygen atoms in total. The van der Waals surface area contributed by atoms with Gasteiger partial charge in [-0.1, -0.05) is 12.8 Å². The first kappa shape index (κ1) is 14.8. The van der Waals surface area contributed by atoms with Gasteiger partial charge in [0.1, 0.15) is 5.01 Å². The summed E-state index contributed by atoms with van der Waals surface area (Å²) in [6, 6.07) is 0.754. The van der Waals surface area contributed by atoms with E-state index in [1.165, 1.54) is 48.4 Å². The number of nitrogens with zero attached hydrogens (tertiary/aromatic N) is 1. The molecule has 0 aliphatic heterocycles. The summed E-state index contributed by atoms with van der Waals surface area (Å²) in [6.45, 7) is 1.61. The second-order valence-electron chi connectivity index (χ2n) is 5.78. The standard InChI is InChI=1S/C15H24N2OS2/c1-18-9-13-14(8-16-11-6-7-11)20-15(17-13)10-19-12-4-2-3-5-12/h11-12,16H,2-10H2,1H3. The van der Waals surface area contributed by atoms with E-state index in [1.54, 1.807) is 7.11 Å². The molecule has 0 amide bonds. The quantitative estimate of drug-likeness (QED) is 0.793. The Hall–Kier alpha value is -0.100. The summed E-state index contributed by atoms with van der Waals surface area (Å²) in [5, 5.41) is 5.74. The third-order valence-corrected chi connectivity index (χ3v) is 6.64. The number of methoxy groups -OCH3 is 1. The summed E-state index contributed by atoms with van der Waals surface area (Å²) in [4.78, 5) is 6.17. The number of hydrogen-bond donors (Lipinski definition) is 1. The Bertz CT molecular complexity index is 426. The number of aromatic nitrogens is 1. The van der Waals surface area contributed by atoms with Crippen LogP contribution in [-0.4, -0.2) is 23.4 Å². The van der Waals surface area contributed by atoms with Gasteiger partial charge in [-0.05, 0) is 25.7 Å². The molecule has 0 bridgehead atoms. The average Bonchev–Trinajstić information content (AvgIpc) is 2.98. The van der Waals surface area contributed by atoms with E-state index in [2.05, 4.69) is 17.1 Å². The minimum absolute atomic E-state index is 0.645. The topological polar surface area (TPSA) is 34.1 Å². The van der Waals surface area contributed by atoms with Crippen LogP contribution >= 0.6 is 23.1 Å². The molecule has 2 saturated carbocycles. The van der Waals surface area contributed by atoms with Gasteiger partial charge in [-0.2, -0.15) is 11.8 Å². The van der Waals surface area contributed by atoms with Gasteiger partial charge in [-0.25, -0.2) is 4.98 Å². The number of thioether (sulfide) groups is 1. The molecule has 3 rings (SSSR count). The average molecular weight is 313 g/mol. The summed E-state index contributed by atoms with van der Waals surface area (Å²) in [6.07, 6.45) is 8.31. The van der Waals surface area contributed by atoms with Gasteiger partial charge in [0.2, 0.25) is 0 Å². The largest absolute Gasteiger partial charge is 0.378 e. The van der Waals surface area contributed by atoms with Crippen LogP contribution in [0.3, 0.4) is 0 Å². The molecule has 0 unspecified atom stereocenters. The predicted octanol–water partition coefficient (Wildman–Crippen LogP) is 3.72. The zero-order chi connectivity index (χ0) is 13.8. The van der Waals surface area contributed by atoms with E-state index in [4.69, 9.17) is 9.72 Å². The van der Waals surface area contributed by atoms with E-state index in [0.717, 1.165) is 29.3 Å². The monoisotopic (exact) mass is 312 g/mol. The molecule has 1 heterocycles. The van der Waals surface area contributed by atoms with Crippen LogP contribution in [0.4, 0.5) is 0 Å². The Morgan fingerprint density at radius 3 is 2.80 bits per heavy atom. The van der Waals surface area contributed by atoms with E-state index >= 15 is 0 Å². The van der Waals surface area contributed by atoms with Crippen molar-refractivity contribution in [3.8, 4) is 0 Å². The van der Waals surface area contributed by atoms with Crippen LogP contribution in [0.5, 0.6) is 0 Å². The van der Waals surface area contributed by atoms with Crippen molar-refractivity contribution in [2.75, 3.05) is 7.11 Å². The summed E-state index contributed by atoms with van der Waals surface area (Å²) >= 11 is 3.98. The maximum absolute atomic E-state index is 5.29. The normalized spacial score (nSPS) is 19.9. The van der Waals surface area contributed by atoms with Crippen LogP contribution in [-0.2, 0) is 23.6 Å². The molecule has 0 atom stereocenters. The molecular weight excluding hydrogens is 288 g/mol. The molecule has 2 aliphatic carbocycles. The van der Waals surface area contributed by atoms with Gasteiger partial charge in [-0.15, -0.1) is 11.3 Å². The number of thiazole rings is 1. The van der Waals surface area contributed by atoms with Crippen LogP contribution in [0, 0.1) is 0 Å². The van der Waals surface area contributed by atoms with Crippen molar-refractivity contribution >= 4 is 23.1 Å². The fourth-order valence-electron chi connectivity index (χ4n) is 2.65. The highest BCUT2D eigenvalue weighted by Gasteiger charge is 2.22. The highest BCUT2D eigenvalue weighted by Crippen LogP contribution is 2.33. The number of rotatable bonds is 8. The van der Waals surface area contributed by atoms with Crippen molar-refractivity contribution in [1.82, 2.24) is 10.3 Å². The molecular formula is C15H24N2OS2. The van der Waals surface area contributed by atoms with E-state index < -0.39 is 0 Å². The van der Waals surface area contributed by atoms with Gasteiger partial charge in [-0.3, -0.25) is 0 Å². The van der Waals surface area contributed by atoms with Crippen LogP contribution in [0.1, 0.15) is 54.1 Å². The lowest BCUT2D eigenvalue weighted by atomic mass is 10.3. The first-order valence-electron chi connectivity index (χ1n) is 7.66. The number of nitrogens with one attached hydrogen (secondary N) is 1. The SMILES string of the molecule is COCc1nc(CSC2CCCC2)sc1CNC1CC1. The van der Waals surface area contributed by atoms with Crippen molar-refractivity contribution in [2.24, 2.45) is 0 Å². The van der Waals surface area contributed by atoms with Crippen molar-refractivity contribution in [1.29, 1.82) is 0 Å². The van der Waals surface area contributed by atoms with E-state index in [0.29, 0.717) is 6.61 Å². The molecule has 1 aromatic heterocycles. The van der Waals surface area contributed by atoms with Crippen LogP contribution in [0.25, 0.3) is 0 Å². The van der Waals surface area contributed by atoms with Crippen molar-refractivity contribution < 1.29 is 4.74 Å². The lowest BCUT2D eigenvalue weighted by Gasteiger charge is -2.05. The maximum Gasteiger partial charge on any atom is 0.103 e. The fourth-order valence-corrected chi connectivity index (χ4v) is 5.02. The zero-order valence-corrected chi connectivity index (χ0v) is 13.8. The predicted molar refractivity (Wildman–Crippen MR) is 86.2 cm³/mol. The molecule has 0 aromatic carbocycles. The summed E-state index contributed by atoms with van der Waals surface area (Å²) < 4.78 is 5.29. The molecule has 1 aromatic rings. The summed E-state index contributed by atoms with van der Waals surface area (Å²) in [5.41, 5.74) is 1.15. The van der Waals surface area contributed by atoms with Gasteiger partial charge >= 0.3 is 0 Å². The molecule has 5 heteroatoms. The van der Waals surface area contributed by atoms with E-state index in [-0.39, 0.29) is 0 Å². The Morgan fingerprint density at radius 2 is 2.10 bits per heavy atom. The zero-order valence-electron chi connectivity index (χ0n) is 12.2. The first-order chi connectivity index (χ1) is 9.85.